The van der Waals surface area contributed by atoms with Crippen LogP contribution in [-0.2, 0) is 4.79 Å². The predicted octanol–water partition coefficient (Wildman–Crippen LogP) is 4.04. The maximum absolute atomic E-state index is 12.5. The van der Waals surface area contributed by atoms with E-state index in [-0.39, 0.29) is 11.8 Å². The molecule has 2 saturated carbocycles. The molecule has 1 heterocycles. The van der Waals surface area contributed by atoms with Crippen molar-refractivity contribution in [2.45, 2.75) is 70.8 Å². The third-order valence-corrected chi connectivity index (χ3v) is 7.12. The first-order valence-corrected chi connectivity index (χ1v) is 10.6. The van der Waals surface area contributed by atoms with Gasteiger partial charge in [0.05, 0.1) is 12.2 Å². The van der Waals surface area contributed by atoms with E-state index < -0.39 is 5.60 Å². The van der Waals surface area contributed by atoms with Crippen molar-refractivity contribution in [2.24, 2.45) is 11.3 Å². The van der Waals surface area contributed by atoms with Gasteiger partial charge in [0.2, 0.25) is 5.91 Å². The van der Waals surface area contributed by atoms with E-state index in [0.717, 1.165) is 18.8 Å². The lowest BCUT2D eigenvalue weighted by molar-refractivity contribution is -0.163. The van der Waals surface area contributed by atoms with Crippen LogP contribution in [0.2, 0.25) is 0 Å². The molecule has 0 unspecified atom stereocenters. The number of aryl methyl sites for hydroxylation is 1. The summed E-state index contributed by atoms with van der Waals surface area (Å²) < 4.78 is 5.77. The number of hydrogen-bond acceptors (Lipinski definition) is 3. The minimum atomic E-state index is -0.616. The van der Waals surface area contributed by atoms with E-state index >= 15 is 0 Å². The fourth-order valence-corrected chi connectivity index (χ4v) is 5.42. The molecule has 4 heteroatoms. The first kappa shape index (κ1) is 18.8. The molecule has 1 aliphatic heterocycles. The average molecular weight is 372 g/mol. The molecule has 1 aromatic carbocycles. The molecule has 1 aromatic rings. The molecular weight excluding hydrogens is 338 g/mol. The van der Waals surface area contributed by atoms with Crippen molar-refractivity contribution < 1.29 is 14.6 Å². The van der Waals surface area contributed by atoms with E-state index in [9.17, 15) is 9.90 Å². The lowest BCUT2D eigenvalue weighted by Gasteiger charge is -2.55. The average Bonchev–Trinajstić information content (AvgIpc) is 2.59. The first-order chi connectivity index (χ1) is 12.8. The molecule has 2 aliphatic carbocycles. The van der Waals surface area contributed by atoms with Gasteiger partial charge in [-0.1, -0.05) is 12.1 Å². The van der Waals surface area contributed by atoms with E-state index in [0.29, 0.717) is 30.8 Å². The number of rotatable bonds is 4. The van der Waals surface area contributed by atoms with E-state index in [4.69, 9.17) is 4.74 Å². The Kier molecular flexibility index (Phi) is 4.74. The molecule has 0 aromatic heterocycles. The van der Waals surface area contributed by atoms with Gasteiger partial charge in [-0.05, 0) is 82.4 Å². The SMILES string of the molecule is CCOc1cc(C2CCC3(CC2)CN(C(=O)C2CC(C)(O)C2)C3)ccc1C. The Bertz CT molecular complexity index is 702. The Morgan fingerprint density at radius 3 is 2.52 bits per heavy atom. The molecule has 0 bridgehead atoms. The smallest absolute Gasteiger partial charge is 0.225 e. The highest BCUT2D eigenvalue weighted by molar-refractivity contribution is 5.81. The number of amides is 1. The second-order valence-corrected chi connectivity index (χ2v) is 9.53. The molecular formula is C23H33NO3. The van der Waals surface area contributed by atoms with Crippen molar-refractivity contribution in [1.82, 2.24) is 4.90 Å². The number of hydrogen-bond donors (Lipinski definition) is 1. The summed E-state index contributed by atoms with van der Waals surface area (Å²) >= 11 is 0. The topological polar surface area (TPSA) is 49.8 Å². The van der Waals surface area contributed by atoms with Crippen LogP contribution in [0.25, 0.3) is 0 Å². The molecule has 0 radical (unpaired) electrons. The number of ether oxygens (including phenoxy) is 1. The van der Waals surface area contributed by atoms with Crippen LogP contribution in [0.4, 0.5) is 0 Å². The fraction of sp³-hybridized carbons (Fsp3) is 0.696. The van der Waals surface area contributed by atoms with Gasteiger partial charge < -0.3 is 14.7 Å². The Balaban J connectivity index is 1.30. The van der Waals surface area contributed by atoms with E-state index in [1.807, 2.05) is 18.7 Å². The van der Waals surface area contributed by atoms with Gasteiger partial charge >= 0.3 is 0 Å². The number of carbonyl (C=O) groups excluding carboxylic acids is 1. The van der Waals surface area contributed by atoms with Crippen LogP contribution < -0.4 is 4.74 Å². The second kappa shape index (κ2) is 6.80. The number of likely N-dealkylation sites (tertiary alicyclic amines) is 1. The number of aliphatic hydroxyl groups is 1. The lowest BCUT2D eigenvalue weighted by Crippen LogP contribution is -2.62. The van der Waals surface area contributed by atoms with Crippen LogP contribution in [0.5, 0.6) is 5.75 Å². The molecule has 3 fully saturated rings. The first-order valence-electron chi connectivity index (χ1n) is 10.6. The zero-order valence-electron chi connectivity index (χ0n) is 17.0. The standard InChI is InChI=1S/C23H33NO3/c1-4-27-20-11-18(6-5-16(20)2)17-7-9-23(10-8-17)14-24(15-23)21(25)19-12-22(3,26)13-19/h5-6,11,17,19,26H,4,7-10,12-15H2,1-3H3. The van der Waals surface area contributed by atoms with Crippen molar-refractivity contribution in [2.75, 3.05) is 19.7 Å². The van der Waals surface area contributed by atoms with Crippen molar-refractivity contribution in [3.63, 3.8) is 0 Å². The second-order valence-electron chi connectivity index (χ2n) is 9.53. The maximum Gasteiger partial charge on any atom is 0.225 e. The Labute approximate surface area is 162 Å². The van der Waals surface area contributed by atoms with Crippen LogP contribution in [0.3, 0.4) is 0 Å². The van der Waals surface area contributed by atoms with Gasteiger partial charge in [0.15, 0.2) is 0 Å². The maximum atomic E-state index is 12.5. The molecule has 4 rings (SSSR count). The molecule has 1 saturated heterocycles. The van der Waals surface area contributed by atoms with Gasteiger partial charge in [0.1, 0.15) is 5.75 Å². The Hall–Kier alpha value is -1.55. The monoisotopic (exact) mass is 371 g/mol. The molecule has 27 heavy (non-hydrogen) atoms. The third kappa shape index (κ3) is 3.61. The lowest BCUT2D eigenvalue weighted by atomic mass is 9.63. The quantitative estimate of drug-likeness (QED) is 0.869. The Morgan fingerprint density at radius 1 is 1.26 bits per heavy atom. The summed E-state index contributed by atoms with van der Waals surface area (Å²) in [7, 11) is 0. The minimum Gasteiger partial charge on any atom is -0.494 e. The van der Waals surface area contributed by atoms with Gasteiger partial charge in [-0.3, -0.25) is 4.79 Å². The van der Waals surface area contributed by atoms with Crippen LogP contribution in [0, 0.1) is 18.3 Å². The van der Waals surface area contributed by atoms with E-state index in [1.165, 1.54) is 36.8 Å². The third-order valence-electron chi connectivity index (χ3n) is 7.12. The largest absolute Gasteiger partial charge is 0.494 e. The van der Waals surface area contributed by atoms with E-state index in [2.05, 4.69) is 25.1 Å². The highest BCUT2D eigenvalue weighted by atomic mass is 16.5. The van der Waals surface area contributed by atoms with Gasteiger partial charge in [0.25, 0.3) is 0 Å². The number of nitrogens with zero attached hydrogens (tertiary/aromatic N) is 1. The van der Waals surface area contributed by atoms with Crippen molar-refractivity contribution in [3.05, 3.63) is 29.3 Å². The molecule has 0 atom stereocenters. The number of benzene rings is 1. The highest BCUT2D eigenvalue weighted by Crippen LogP contribution is 2.50. The molecule has 1 spiro atoms. The predicted molar refractivity (Wildman–Crippen MR) is 106 cm³/mol. The van der Waals surface area contributed by atoms with Gasteiger partial charge in [-0.25, -0.2) is 0 Å². The van der Waals surface area contributed by atoms with Gasteiger partial charge in [-0.2, -0.15) is 0 Å². The van der Waals surface area contributed by atoms with E-state index in [1.54, 1.807) is 0 Å². The number of carbonyl (C=O) groups is 1. The molecule has 1 amide bonds. The zero-order valence-corrected chi connectivity index (χ0v) is 17.0. The summed E-state index contributed by atoms with van der Waals surface area (Å²) in [5.74, 6) is 1.96. The molecule has 148 valence electrons. The van der Waals surface area contributed by atoms with Crippen LogP contribution in [0.1, 0.15) is 69.4 Å². The Morgan fingerprint density at radius 2 is 1.93 bits per heavy atom. The highest BCUT2D eigenvalue weighted by Gasteiger charge is 2.51. The van der Waals surface area contributed by atoms with Gasteiger partial charge in [0, 0.05) is 24.4 Å². The van der Waals surface area contributed by atoms with Crippen LogP contribution in [-0.4, -0.2) is 41.2 Å². The van der Waals surface area contributed by atoms with Gasteiger partial charge in [-0.15, -0.1) is 0 Å². The molecule has 1 N–H and O–H groups in total. The summed E-state index contributed by atoms with van der Waals surface area (Å²) in [5.41, 5.74) is 2.35. The molecule has 4 nitrogen and oxygen atoms in total. The fourth-order valence-electron chi connectivity index (χ4n) is 5.42. The normalized spacial score (nSPS) is 29.9. The minimum absolute atomic E-state index is 0.0539. The van der Waals surface area contributed by atoms with Crippen molar-refractivity contribution in [1.29, 1.82) is 0 Å². The molecule has 3 aliphatic rings. The van der Waals surface area contributed by atoms with Crippen molar-refractivity contribution >= 4 is 5.91 Å². The summed E-state index contributed by atoms with van der Waals surface area (Å²) in [6.07, 6.45) is 6.09. The summed E-state index contributed by atoms with van der Waals surface area (Å²) in [6.45, 7) is 8.53. The summed E-state index contributed by atoms with van der Waals surface area (Å²) in [4.78, 5) is 14.6. The van der Waals surface area contributed by atoms with Crippen LogP contribution in [0.15, 0.2) is 18.2 Å². The van der Waals surface area contributed by atoms with Crippen LogP contribution >= 0.6 is 0 Å². The zero-order chi connectivity index (χ0) is 19.2. The summed E-state index contributed by atoms with van der Waals surface area (Å²) in [5, 5.41) is 9.88. The summed E-state index contributed by atoms with van der Waals surface area (Å²) in [6, 6.07) is 6.68. The van der Waals surface area contributed by atoms with Crippen molar-refractivity contribution in [3.8, 4) is 5.75 Å².